The van der Waals surface area contributed by atoms with Gasteiger partial charge in [-0.1, -0.05) is 23.7 Å². The van der Waals surface area contributed by atoms with Gasteiger partial charge in [0.1, 0.15) is 0 Å². The summed E-state index contributed by atoms with van der Waals surface area (Å²) < 4.78 is 23.4. The van der Waals surface area contributed by atoms with Crippen molar-refractivity contribution in [1.82, 2.24) is 10.2 Å². The second-order valence-electron chi connectivity index (χ2n) is 6.00. The third kappa shape index (κ3) is 4.83. The van der Waals surface area contributed by atoms with Crippen LogP contribution in [0.4, 0.5) is 0 Å². The lowest BCUT2D eigenvalue weighted by molar-refractivity contribution is 0.0827. The van der Waals surface area contributed by atoms with Crippen LogP contribution in [0.5, 0.6) is 0 Å². The number of hydrogen-bond acceptors (Lipinski definition) is 4. The molecule has 0 radical (unpaired) electrons. The number of hydrogen-bond donors (Lipinski definition) is 1. The van der Waals surface area contributed by atoms with E-state index in [-0.39, 0.29) is 27.9 Å². The molecule has 8 heteroatoms. The Balaban J connectivity index is 2.08. The van der Waals surface area contributed by atoms with Crippen molar-refractivity contribution in [2.24, 2.45) is 0 Å². The lowest BCUT2D eigenvalue weighted by Gasteiger charge is -2.11. The molecule has 0 saturated heterocycles. The Morgan fingerprint density at radius 3 is 2.15 bits per heavy atom. The van der Waals surface area contributed by atoms with Gasteiger partial charge in [-0.2, -0.15) is 0 Å². The molecule has 6 nitrogen and oxygen atoms in total. The summed E-state index contributed by atoms with van der Waals surface area (Å²) in [6.07, 6.45) is 1.03. The molecule has 0 unspecified atom stereocenters. The molecule has 2 amide bonds. The highest BCUT2D eigenvalue weighted by molar-refractivity contribution is 7.90. The third-order valence-corrected chi connectivity index (χ3v) is 5.23. The number of sulfone groups is 1. The van der Waals surface area contributed by atoms with Crippen LogP contribution >= 0.6 is 11.6 Å². The smallest absolute Gasteiger partial charge is 0.253 e. The van der Waals surface area contributed by atoms with Crippen LogP contribution in [0.2, 0.25) is 5.02 Å². The molecule has 0 aliphatic carbocycles. The number of amides is 2. The molecular formula is C18H19ClN2O4S. The maximum Gasteiger partial charge on any atom is 0.253 e. The van der Waals surface area contributed by atoms with Gasteiger partial charge in [0.25, 0.3) is 11.8 Å². The van der Waals surface area contributed by atoms with E-state index in [0.29, 0.717) is 5.56 Å². The van der Waals surface area contributed by atoms with Crippen molar-refractivity contribution in [2.45, 2.75) is 11.4 Å². The van der Waals surface area contributed by atoms with E-state index < -0.39 is 15.7 Å². The highest BCUT2D eigenvalue weighted by atomic mass is 35.5. The Kier molecular flexibility index (Phi) is 6.05. The number of carbonyl (C=O) groups excluding carboxylic acids is 2. The van der Waals surface area contributed by atoms with Crippen LogP contribution in [0.15, 0.2) is 47.4 Å². The quantitative estimate of drug-likeness (QED) is 0.843. The monoisotopic (exact) mass is 394 g/mol. The van der Waals surface area contributed by atoms with Gasteiger partial charge in [-0.25, -0.2) is 8.42 Å². The van der Waals surface area contributed by atoms with E-state index in [1.165, 1.54) is 23.1 Å². The highest BCUT2D eigenvalue weighted by Gasteiger charge is 2.16. The van der Waals surface area contributed by atoms with Crippen molar-refractivity contribution >= 4 is 33.3 Å². The highest BCUT2D eigenvalue weighted by Crippen LogP contribution is 2.22. The van der Waals surface area contributed by atoms with Crippen LogP contribution in [0.3, 0.4) is 0 Å². The Bertz CT molecular complexity index is 938. The number of benzene rings is 2. The summed E-state index contributed by atoms with van der Waals surface area (Å²) in [7, 11) is -0.177. The fraction of sp³-hybridized carbons (Fsp3) is 0.222. The summed E-state index contributed by atoms with van der Waals surface area (Å²) in [6.45, 7) is 0.242. The van der Waals surface area contributed by atoms with Crippen molar-refractivity contribution in [1.29, 1.82) is 0 Å². The van der Waals surface area contributed by atoms with Gasteiger partial charge in [-0.3, -0.25) is 9.59 Å². The molecule has 138 valence electrons. The first-order chi connectivity index (χ1) is 12.1. The molecule has 0 saturated carbocycles. The average molecular weight is 395 g/mol. The minimum Gasteiger partial charge on any atom is -0.348 e. The first kappa shape index (κ1) is 19.9. The van der Waals surface area contributed by atoms with Crippen molar-refractivity contribution < 1.29 is 18.0 Å². The van der Waals surface area contributed by atoms with Gasteiger partial charge in [-0.15, -0.1) is 0 Å². The zero-order valence-corrected chi connectivity index (χ0v) is 16.2. The van der Waals surface area contributed by atoms with Crippen LogP contribution in [0.1, 0.15) is 26.3 Å². The van der Waals surface area contributed by atoms with E-state index in [4.69, 9.17) is 11.6 Å². The molecule has 0 bridgehead atoms. The molecule has 2 rings (SSSR count). The Hall–Kier alpha value is -2.38. The lowest BCUT2D eigenvalue weighted by Crippen LogP contribution is -2.23. The summed E-state index contributed by atoms with van der Waals surface area (Å²) in [5.74, 6) is -0.518. The molecule has 26 heavy (non-hydrogen) atoms. The molecule has 0 aliphatic rings. The summed E-state index contributed by atoms with van der Waals surface area (Å²) >= 11 is 5.88. The van der Waals surface area contributed by atoms with Gasteiger partial charge in [-0.05, 0) is 35.9 Å². The molecule has 2 aromatic carbocycles. The van der Waals surface area contributed by atoms with Gasteiger partial charge in [0.15, 0.2) is 9.84 Å². The summed E-state index contributed by atoms with van der Waals surface area (Å²) in [5, 5.41) is 2.79. The topological polar surface area (TPSA) is 83.6 Å². The predicted octanol–water partition coefficient (Wildman–Crippen LogP) is 2.38. The van der Waals surface area contributed by atoms with Gasteiger partial charge in [0.05, 0.1) is 9.92 Å². The number of carbonyl (C=O) groups is 2. The van der Waals surface area contributed by atoms with Crippen molar-refractivity contribution in [3.63, 3.8) is 0 Å². The van der Waals surface area contributed by atoms with Gasteiger partial charge in [0.2, 0.25) is 0 Å². The maximum absolute atomic E-state index is 12.3. The minimum atomic E-state index is -3.52. The number of nitrogens with one attached hydrogen (secondary N) is 1. The van der Waals surface area contributed by atoms with Gasteiger partial charge in [0, 0.05) is 38.0 Å². The summed E-state index contributed by atoms with van der Waals surface area (Å²) in [5.41, 5.74) is 1.57. The van der Waals surface area contributed by atoms with Gasteiger partial charge < -0.3 is 10.2 Å². The van der Waals surface area contributed by atoms with Crippen molar-refractivity contribution in [3.05, 3.63) is 64.2 Å². The normalized spacial score (nSPS) is 11.1. The van der Waals surface area contributed by atoms with E-state index in [0.717, 1.165) is 11.8 Å². The second kappa shape index (κ2) is 7.88. The van der Waals surface area contributed by atoms with Crippen LogP contribution in [0, 0.1) is 0 Å². The third-order valence-electron chi connectivity index (χ3n) is 3.65. The Morgan fingerprint density at radius 2 is 1.62 bits per heavy atom. The maximum atomic E-state index is 12.3. The van der Waals surface area contributed by atoms with E-state index >= 15 is 0 Å². The standard InChI is InChI=1S/C18H19ClN2O4S/c1-21(2)18(23)13-6-4-12(5-7-13)11-20-17(22)14-8-9-15(19)16(10-14)26(3,24)25/h4-10H,11H2,1-3H3,(H,20,22). The molecular weight excluding hydrogens is 376 g/mol. The number of halogens is 1. The zero-order valence-electron chi connectivity index (χ0n) is 14.6. The molecule has 0 aliphatic heterocycles. The van der Waals surface area contributed by atoms with E-state index in [1.807, 2.05) is 0 Å². The predicted molar refractivity (Wildman–Crippen MR) is 100 cm³/mol. The largest absolute Gasteiger partial charge is 0.348 e. The Labute approximate surface area is 157 Å². The average Bonchev–Trinajstić information content (AvgIpc) is 2.58. The van der Waals surface area contributed by atoms with E-state index in [2.05, 4.69) is 5.32 Å². The molecule has 0 spiro atoms. The molecule has 0 heterocycles. The molecule has 0 aromatic heterocycles. The minimum absolute atomic E-state index is 0.0743. The summed E-state index contributed by atoms with van der Waals surface area (Å²) in [6, 6.07) is 11.0. The molecule has 0 fully saturated rings. The van der Waals surface area contributed by atoms with Crippen LogP contribution < -0.4 is 5.32 Å². The Morgan fingerprint density at radius 1 is 1.04 bits per heavy atom. The van der Waals surface area contributed by atoms with Crippen molar-refractivity contribution in [2.75, 3.05) is 20.4 Å². The lowest BCUT2D eigenvalue weighted by atomic mass is 10.1. The van der Waals surface area contributed by atoms with Crippen LogP contribution in [-0.4, -0.2) is 45.5 Å². The number of nitrogens with zero attached hydrogens (tertiary/aromatic N) is 1. The number of rotatable bonds is 5. The fourth-order valence-corrected chi connectivity index (χ4v) is 3.54. The molecule has 0 atom stereocenters. The van der Waals surface area contributed by atoms with Crippen molar-refractivity contribution in [3.8, 4) is 0 Å². The SMILES string of the molecule is CN(C)C(=O)c1ccc(CNC(=O)c2ccc(Cl)c(S(C)(=O)=O)c2)cc1. The van der Waals surface area contributed by atoms with Crippen LogP contribution in [0.25, 0.3) is 0 Å². The van der Waals surface area contributed by atoms with Gasteiger partial charge >= 0.3 is 0 Å². The second-order valence-corrected chi connectivity index (χ2v) is 8.39. The molecule has 1 N–H and O–H groups in total. The van der Waals surface area contributed by atoms with Crippen LogP contribution in [-0.2, 0) is 16.4 Å². The van der Waals surface area contributed by atoms with E-state index in [9.17, 15) is 18.0 Å². The summed E-state index contributed by atoms with van der Waals surface area (Å²) in [4.78, 5) is 25.5. The fourth-order valence-electron chi connectivity index (χ4n) is 2.24. The van der Waals surface area contributed by atoms with E-state index in [1.54, 1.807) is 38.4 Å². The first-order valence-corrected chi connectivity index (χ1v) is 9.95. The molecule has 2 aromatic rings. The zero-order chi connectivity index (χ0) is 19.5. The first-order valence-electron chi connectivity index (χ1n) is 7.68.